The van der Waals surface area contributed by atoms with E-state index in [4.69, 9.17) is 0 Å². The van der Waals surface area contributed by atoms with E-state index >= 15 is 0 Å². The number of hydrogen-bond donors (Lipinski definition) is 0. The highest BCUT2D eigenvalue weighted by molar-refractivity contribution is 5.78. The Kier molecular flexibility index (Phi) is 7.18. The number of nitrogens with zero attached hydrogens (tertiary/aromatic N) is 2. The lowest BCUT2D eigenvalue weighted by molar-refractivity contribution is 0.220. The molecular weight excluding hydrogens is 244 g/mol. The Balaban J connectivity index is 1.67. The average molecular weight is 276 g/mol. The van der Waals surface area contributed by atoms with Crippen LogP contribution in [0, 0.1) is 0 Å². The summed E-state index contributed by atoms with van der Waals surface area (Å²) in [7, 11) is 0. The molecule has 0 aromatic rings. The van der Waals surface area contributed by atoms with E-state index in [0.717, 1.165) is 12.7 Å². The highest BCUT2D eigenvalue weighted by Gasteiger charge is 2.19. The molecule has 0 saturated heterocycles. The van der Waals surface area contributed by atoms with Crippen LogP contribution in [-0.2, 0) is 0 Å². The normalized spacial score (nSPS) is 20.2. The van der Waals surface area contributed by atoms with Crippen molar-refractivity contribution in [2.45, 2.75) is 90.0 Å². The maximum absolute atomic E-state index is 4.58. The average Bonchev–Trinajstić information content (AvgIpc) is 2.52. The summed E-state index contributed by atoms with van der Waals surface area (Å²) in [5.74, 6) is 0. The van der Waals surface area contributed by atoms with Crippen LogP contribution in [0.4, 0.5) is 0 Å². The second kappa shape index (κ2) is 9.20. The summed E-state index contributed by atoms with van der Waals surface area (Å²) in [6.07, 6.45) is 21.0. The van der Waals surface area contributed by atoms with Gasteiger partial charge in [-0.05, 0) is 31.3 Å². The molecule has 2 rings (SSSR count). The lowest BCUT2D eigenvalue weighted by atomic mass is 9.94. The van der Waals surface area contributed by atoms with Gasteiger partial charge in [0.05, 0.1) is 0 Å². The van der Waals surface area contributed by atoms with Crippen LogP contribution in [0.5, 0.6) is 0 Å². The zero-order valence-electron chi connectivity index (χ0n) is 13.3. The molecule has 2 heteroatoms. The maximum atomic E-state index is 4.58. The van der Waals surface area contributed by atoms with Crippen molar-refractivity contribution >= 4 is 6.21 Å². The predicted octanol–water partition coefficient (Wildman–Crippen LogP) is 5.30. The van der Waals surface area contributed by atoms with E-state index in [9.17, 15) is 0 Å². The van der Waals surface area contributed by atoms with Gasteiger partial charge in [0.15, 0.2) is 0 Å². The Morgan fingerprint density at radius 3 is 2.60 bits per heavy atom. The van der Waals surface area contributed by atoms with E-state index in [1.54, 1.807) is 0 Å². The van der Waals surface area contributed by atoms with Crippen LogP contribution < -0.4 is 0 Å². The fourth-order valence-electron chi connectivity index (χ4n) is 3.41. The number of rotatable bonds is 8. The molecular formula is C18H32N2. The quantitative estimate of drug-likeness (QED) is 0.549. The van der Waals surface area contributed by atoms with Crippen molar-refractivity contribution in [2.75, 3.05) is 6.67 Å². The summed E-state index contributed by atoms with van der Waals surface area (Å²) in [5.41, 5.74) is 1.46. The molecule has 0 radical (unpaired) electrons. The minimum atomic E-state index is 0.765. The molecule has 114 valence electrons. The highest BCUT2D eigenvalue weighted by Crippen LogP contribution is 2.25. The van der Waals surface area contributed by atoms with Crippen LogP contribution in [0.1, 0.15) is 84.0 Å². The monoisotopic (exact) mass is 276 g/mol. The molecule has 0 N–H and O–H groups in total. The second-order valence-corrected chi connectivity index (χ2v) is 6.48. The second-order valence-electron chi connectivity index (χ2n) is 6.48. The van der Waals surface area contributed by atoms with Crippen molar-refractivity contribution < 1.29 is 0 Å². The Hall–Kier alpha value is -0.790. The van der Waals surface area contributed by atoms with E-state index in [-0.39, 0.29) is 0 Å². The van der Waals surface area contributed by atoms with Crippen molar-refractivity contribution in [3.63, 3.8) is 0 Å². The fourth-order valence-corrected chi connectivity index (χ4v) is 3.41. The molecule has 0 aromatic heterocycles. The van der Waals surface area contributed by atoms with Gasteiger partial charge in [-0.2, -0.15) is 0 Å². The molecule has 0 unspecified atom stereocenters. The molecule has 1 aliphatic carbocycles. The van der Waals surface area contributed by atoms with Crippen LogP contribution >= 0.6 is 0 Å². The highest BCUT2D eigenvalue weighted by atomic mass is 15.2. The van der Waals surface area contributed by atoms with Gasteiger partial charge in [-0.15, -0.1) is 0 Å². The number of unbranched alkanes of at least 4 members (excludes halogenated alkanes) is 5. The molecule has 0 atom stereocenters. The van der Waals surface area contributed by atoms with Crippen molar-refractivity contribution in [1.29, 1.82) is 0 Å². The largest absolute Gasteiger partial charge is 0.355 e. The molecule has 0 aromatic carbocycles. The Morgan fingerprint density at radius 2 is 1.80 bits per heavy atom. The standard InChI is InChI=1S/C18H32N2/c1-2-3-4-5-6-8-11-17-14-19-16-20(15-17)18-12-9-7-10-13-18/h14-15,18H,2-13,16H2,1H3. The molecule has 1 fully saturated rings. The Bertz CT molecular complexity index is 313. The molecule has 1 aliphatic heterocycles. The summed E-state index contributed by atoms with van der Waals surface area (Å²) in [6.45, 7) is 3.17. The van der Waals surface area contributed by atoms with Crippen LogP contribution in [0.25, 0.3) is 0 Å². The first-order valence-corrected chi connectivity index (χ1v) is 8.86. The van der Waals surface area contributed by atoms with Crippen molar-refractivity contribution in [3.05, 3.63) is 11.8 Å². The number of aliphatic imine (C=N–C) groups is 1. The van der Waals surface area contributed by atoms with Crippen LogP contribution in [0.3, 0.4) is 0 Å². The molecule has 2 nitrogen and oxygen atoms in total. The van der Waals surface area contributed by atoms with E-state index in [1.807, 2.05) is 0 Å². The minimum absolute atomic E-state index is 0.765. The zero-order chi connectivity index (χ0) is 14.0. The van der Waals surface area contributed by atoms with Crippen molar-refractivity contribution in [1.82, 2.24) is 4.90 Å². The lowest BCUT2D eigenvalue weighted by Gasteiger charge is -2.34. The smallest absolute Gasteiger partial charge is 0.110 e. The van der Waals surface area contributed by atoms with E-state index < -0.39 is 0 Å². The molecule has 0 bridgehead atoms. The van der Waals surface area contributed by atoms with E-state index in [1.165, 1.54) is 82.6 Å². The Morgan fingerprint density at radius 1 is 1.05 bits per heavy atom. The topological polar surface area (TPSA) is 15.6 Å². The van der Waals surface area contributed by atoms with Crippen LogP contribution in [0.2, 0.25) is 0 Å². The van der Waals surface area contributed by atoms with E-state index in [0.29, 0.717) is 0 Å². The fraction of sp³-hybridized carbons (Fsp3) is 0.833. The minimum Gasteiger partial charge on any atom is -0.355 e. The molecule has 20 heavy (non-hydrogen) atoms. The molecule has 1 saturated carbocycles. The summed E-state index contributed by atoms with van der Waals surface area (Å²) in [5, 5.41) is 0. The van der Waals surface area contributed by atoms with Gasteiger partial charge < -0.3 is 4.90 Å². The zero-order valence-corrected chi connectivity index (χ0v) is 13.3. The lowest BCUT2D eigenvalue weighted by Crippen LogP contribution is -2.34. The van der Waals surface area contributed by atoms with Gasteiger partial charge in [0, 0.05) is 18.5 Å². The van der Waals surface area contributed by atoms with Gasteiger partial charge in [-0.1, -0.05) is 58.3 Å². The van der Waals surface area contributed by atoms with Gasteiger partial charge in [0.25, 0.3) is 0 Å². The third kappa shape index (κ3) is 5.30. The maximum Gasteiger partial charge on any atom is 0.110 e. The summed E-state index contributed by atoms with van der Waals surface area (Å²) >= 11 is 0. The van der Waals surface area contributed by atoms with Gasteiger partial charge in [0.1, 0.15) is 6.67 Å². The molecule has 1 heterocycles. The SMILES string of the molecule is CCCCCCCCC1=CN(C2CCCCC2)CN=C1. The summed E-state index contributed by atoms with van der Waals surface area (Å²) in [4.78, 5) is 7.08. The first-order valence-electron chi connectivity index (χ1n) is 8.86. The molecule has 0 spiro atoms. The third-order valence-corrected chi connectivity index (χ3v) is 4.70. The molecule has 0 amide bonds. The van der Waals surface area contributed by atoms with Crippen molar-refractivity contribution in [3.8, 4) is 0 Å². The summed E-state index contributed by atoms with van der Waals surface area (Å²) in [6, 6.07) is 0.765. The number of hydrogen-bond acceptors (Lipinski definition) is 2. The third-order valence-electron chi connectivity index (χ3n) is 4.70. The van der Waals surface area contributed by atoms with Gasteiger partial charge in [-0.25, -0.2) is 0 Å². The molecule has 2 aliphatic rings. The van der Waals surface area contributed by atoms with E-state index in [2.05, 4.69) is 29.2 Å². The first kappa shape index (κ1) is 15.6. The predicted molar refractivity (Wildman–Crippen MR) is 88.1 cm³/mol. The first-order chi connectivity index (χ1) is 9.90. The van der Waals surface area contributed by atoms with Crippen LogP contribution in [-0.4, -0.2) is 23.8 Å². The Labute approximate surface area is 125 Å². The van der Waals surface area contributed by atoms with Crippen molar-refractivity contribution in [2.24, 2.45) is 4.99 Å². The van der Waals surface area contributed by atoms with Gasteiger partial charge in [0.2, 0.25) is 0 Å². The summed E-state index contributed by atoms with van der Waals surface area (Å²) < 4.78 is 0. The van der Waals surface area contributed by atoms with Gasteiger partial charge in [-0.3, -0.25) is 4.99 Å². The number of allylic oxidation sites excluding steroid dienone is 1. The van der Waals surface area contributed by atoms with Crippen LogP contribution in [0.15, 0.2) is 16.8 Å². The van der Waals surface area contributed by atoms with Gasteiger partial charge >= 0.3 is 0 Å².